The van der Waals surface area contributed by atoms with Gasteiger partial charge in [0.25, 0.3) is 0 Å². The van der Waals surface area contributed by atoms with E-state index in [1.54, 1.807) is 12.1 Å². The summed E-state index contributed by atoms with van der Waals surface area (Å²) < 4.78 is 11.5. The van der Waals surface area contributed by atoms with Gasteiger partial charge in [-0.05, 0) is 74.0 Å². The van der Waals surface area contributed by atoms with Gasteiger partial charge in [0.1, 0.15) is 12.2 Å². The number of hydrogen-bond acceptors (Lipinski definition) is 5. The standard InChI is InChI=1S/C28H34O5/c1-17(29)32-20-11-13-27(2)19(15-20)16-23(30)25-21-9-10-24(28(21,3)14-12-22(25)27)33-26(31)18-7-5-4-6-8-18/h4-8,16,20-22,24-25H,9-15H2,1-3H3/t20-,21-,22-,24+,25-,27-,28-/m0/s1. The molecule has 5 heteroatoms. The predicted molar refractivity (Wildman–Crippen MR) is 123 cm³/mol. The Labute approximate surface area is 195 Å². The zero-order valence-electron chi connectivity index (χ0n) is 19.8. The summed E-state index contributed by atoms with van der Waals surface area (Å²) in [5.74, 6) is 0.241. The summed E-state index contributed by atoms with van der Waals surface area (Å²) in [4.78, 5) is 37.7. The van der Waals surface area contributed by atoms with Crippen LogP contribution in [0.1, 0.15) is 76.1 Å². The molecular weight excluding hydrogens is 416 g/mol. The quantitative estimate of drug-likeness (QED) is 0.586. The average molecular weight is 451 g/mol. The van der Waals surface area contributed by atoms with Crippen LogP contribution in [-0.2, 0) is 19.1 Å². The number of ketones is 1. The highest BCUT2D eigenvalue weighted by Gasteiger charge is 2.62. The van der Waals surface area contributed by atoms with Crippen LogP contribution < -0.4 is 0 Å². The van der Waals surface area contributed by atoms with Gasteiger partial charge in [0.2, 0.25) is 0 Å². The van der Waals surface area contributed by atoms with E-state index in [-0.39, 0.29) is 52.6 Å². The number of esters is 2. The Bertz CT molecular complexity index is 997. The molecule has 7 atom stereocenters. The number of allylic oxidation sites excluding steroid dienone is 1. The largest absolute Gasteiger partial charge is 0.462 e. The second kappa shape index (κ2) is 8.11. The van der Waals surface area contributed by atoms with Crippen molar-refractivity contribution in [1.29, 1.82) is 0 Å². The van der Waals surface area contributed by atoms with Crippen molar-refractivity contribution in [2.45, 2.75) is 77.9 Å². The van der Waals surface area contributed by atoms with E-state index in [0.29, 0.717) is 17.9 Å². The molecule has 0 saturated heterocycles. The summed E-state index contributed by atoms with van der Waals surface area (Å²) in [6.07, 6.45) is 7.75. The van der Waals surface area contributed by atoms with E-state index in [1.165, 1.54) is 12.5 Å². The highest BCUT2D eigenvalue weighted by Crippen LogP contribution is 2.64. The van der Waals surface area contributed by atoms with Crippen molar-refractivity contribution in [1.82, 2.24) is 0 Å². The van der Waals surface area contributed by atoms with E-state index in [2.05, 4.69) is 13.8 Å². The van der Waals surface area contributed by atoms with E-state index in [0.717, 1.165) is 38.5 Å². The fraction of sp³-hybridized carbons (Fsp3) is 0.607. The van der Waals surface area contributed by atoms with E-state index in [4.69, 9.17) is 9.47 Å². The Morgan fingerprint density at radius 3 is 2.42 bits per heavy atom. The molecule has 0 amide bonds. The molecule has 0 N–H and O–H groups in total. The first-order valence-electron chi connectivity index (χ1n) is 12.4. The molecule has 0 radical (unpaired) electrons. The minimum Gasteiger partial charge on any atom is -0.462 e. The van der Waals surface area contributed by atoms with Crippen LogP contribution in [0.2, 0.25) is 0 Å². The van der Waals surface area contributed by atoms with Gasteiger partial charge in [0.15, 0.2) is 5.78 Å². The molecule has 1 aromatic carbocycles. The third-order valence-corrected chi connectivity index (χ3v) is 9.41. The lowest BCUT2D eigenvalue weighted by atomic mass is 9.47. The normalized spacial score (nSPS) is 39.5. The number of carbonyl (C=O) groups is 3. The molecule has 5 nitrogen and oxygen atoms in total. The van der Waals surface area contributed by atoms with Crippen LogP contribution in [0.5, 0.6) is 0 Å². The molecule has 33 heavy (non-hydrogen) atoms. The van der Waals surface area contributed by atoms with Gasteiger partial charge < -0.3 is 9.47 Å². The fourth-order valence-corrected chi connectivity index (χ4v) is 7.62. The van der Waals surface area contributed by atoms with Crippen LogP contribution in [0.4, 0.5) is 0 Å². The molecule has 0 aliphatic heterocycles. The first-order chi connectivity index (χ1) is 15.7. The minimum absolute atomic E-state index is 0.0109. The van der Waals surface area contributed by atoms with Crippen LogP contribution in [-0.4, -0.2) is 29.9 Å². The second-order valence-corrected chi connectivity index (χ2v) is 11.1. The molecule has 176 valence electrons. The zero-order chi connectivity index (χ0) is 23.4. The predicted octanol–water partition coefficient (Wildman–Crippen LogP) is 5.29. The first kappa shape index (κ1) is 22.4. The molecule has 0 heterocycles. The molecule has 0 unspecified atom stereocenters. The van der Waals surface area contributed by atoms with E-state index in [9.17, 15) is 14.4 Å². The molecule has 4 aliphatic carbocycles. The van der Waals surface area contributed by atoms with Gasteiger partial charge in [0, 0.05) is 24.7 Å². The van der Waals surface area contributed by atoms with Crippen molar-refractivity contribution in [2.24, 2.45) is 28.6 Å². The topological polar surface area (TPSA) is 69.7 Å². The van der Waals surface area contributed by atoms with Gasteiger partial charge in [-0.1, -0.05) is 37.6 Å². The Morgan fingerprint density at radius 2 is 1.70 bits per heavy atom. The zero-order valence-corrected chi connectivity index (χ0v) is 19.8. The number of fused-ring (bicyclic) bond motifs is 5. The smallest absolute Gasteiger partial charge is 0.338 e. The van der Waals surface area contributed by atoms with Crippen molar-refractivity contribution in [2.75, 3.05) is 0 Å². The lowest BCUT2D eigenvalue weighted by Gasteiger charge is -2.56. The third-order valence-electron chi connectivity index (χ3n) is 9.41. The lowest BCUT2D eigenvalue weighted by Crippen LogP contribution is -2.54. The average Bonchev–Trinajstić information content (AvgIpc) is 3.11. The van der Waals surface area contributed by atoms with Crippen molar-refractivity contribution in [3.05, 3.63) is 47.5 Å². The van der Waals surface area contributed by atoms with Crippen molar-refractivity contribution >= 4 is 17.7 Å². The van der Waals surface area contributed by atoms with Gasteiger partial charge >= 0.3 is 11.9 Å². The Morgan fingerprint density at radius 1 is 0.939 bits per heavy atom. The number of rotatable bonds is 3. The van der Waals surface area contributed by atoms with Gasteiger partial charge in [-0.3, -0.25) is 9.59 Å². The van der Waals surface area contributed by atoms with Gasteiger partial charge in [-0.15, -0.1) is 0 Å². The monoisotopic (exact) mass is 450 g/mol. The SMILES string of the molecule is CC(=O)O[C@H]1CC[C@@]2(C)C(=CC(=O)[C@H]3[C@@H]4CC[C@@H](OC(=O)c5ccccc5)[C@@]4(C)CC[C@@H]32)C1. The summed E-state index contributed by atoms with van der Waals surface area (Å²) in [6.45, 7) is 6.00. The number of carbonyl (C=O) groups excluding carboxylic acids is 3. The molecular formula is C28H34O5. The van der Waals surface area contributed by atoms with E-state index < -0.39 is 0 Å². The third kappa shape index (κ3) is 3.64. The fourth-order valence-electron chi connectivity index (χ4n) is 7.62. The van der Waals surface area contributed by atoms with Crippen molar-refractivity contribution in [3.8, 4) is 0 Å². The highest BCUT2D eigenvalue weighted by molar-refractivity contribution is 5.94. The summed E-state index contributed by atoms with van der Waals surface area (Å²) >= 11 is 0. The highest BCUT2D eigenvalue weighted by atomic mass is 16.5. The molecule has 3 fully saturated rings. The number of benzene rings is 1. The van der Waals surface area contributed by atoms with E-state index in [1.807, 2.05) is 24.3 Å². The van der Waals surface area contributed by atoms with Crippen LogP contribution >= 0.6 is 0 Å². The number of hydrogen-bond donors (Lipinski definition) is 0. The Kier molecular flexibility index (Phi) is 5.49. The molecule has 3 saturated carbocycles. The maximum Gasteiger partial charge on any atom is 0.338 e. The van der Waals surface area contributed by atoms with Gasteiger partial charge in [0.05, 0.1) is 5.56 Å². The summed E-state index contributed by atoms with van der Waals surface area (Å²) in [5.41, 5.74) is 1.56. The van der Waals surface area contributed by atoms with Crippen molar-refractivity contribution in [3.63, 3.8) is 0 Å². The van der Waals surface area contributed by atoms with Crippen LogP contribution in [0.25, 0.3) is 0 Å². The van der Waals surface area contributed by atoms with Crippen LogP contribution in [0, 0.1) is 28.6 Å². The van der Waals surface area contributed by atoms with Crippen LogP contribution in [0.15, 0.2) is 42.0 Å². The molecule has 4 aliphatic rings. The summed E-state index contributed by atoms with van der Waals surface area (Å²) in [7, 11) is 0. The molecule has 0 spiro atoms. The summed E-state index contributed by atoms with van der Waals surface area (Å²) in [5, 5.41) is 0. The van der Waals surface area contributed by atoms with Gasteiger partial charge in [-0.2, -0.15) is 0 Å². The maximum absolute atomic E-state index is 13.5. The summed E-state index contributed by atoms with van der Waals surface area (Å²) in [6, 6.07) is 9.17. The first-order valence-corrected chi connectivity index (χ1v) is 12.4. The van der Waals surface area contributed by atoms with Crippen LogP contribution in [0.3, 0.4) is 0 Å². The molecule has 0 aromatic heterocycles. The molecule has 5 rings (SSSR count). The Balaban J connectivity index is 1.37. The number of ether oxygens (including phenoxy) is 2. The van der Waals surface area contributed by atoms with E-state index >= 15 is 0 Å². The maximum atomic E-state index is 13.5. The van der Waals surface area contributed by atoms with Gasteiger partial charge in [-0.25, -0.2) is 4.79 Å². The lowest BCUT2D eigenvalue weighted by molar-refractivity contribution is -0.149. The Hall–Kier alpha value is -2.43. The van der Waals surface area contributed by atoms with Crippen molar-refractivity contribution < 1.29 is 23.9 Å². The minimum atomic E-state index is -0.266. The molecule has 0 bridgehead atoms. The second-order valence-electron chi connectivity index (χ2n) is 11.1. The molecule has 1 aromatic rings.